The fourth-order valence-electron chi connectivity index (χ4n) is 12.5. The molecule has 2 fully saturated rings. The second kappa shape index (κ2) is 36.9. The molecular weight excluding hydrogens is 1240 g/mol. The molecule has 0 bridgehead atoms. The number of aromatic nitrogens is 1. The molecule has 19 heteroatoms. The summed E-state index contributed by atoms with van der Waals surface area (Å²) in [6.45, 7) is 9.75. The van der Waals surface area contributed by atoms with E-state index in [0.717, 1.165) is 132 Å². The highest BCUT2D eigenvalue weighted by molar-refractivity contribution is 7.22. The molecule has 18 nitrogen and oxygen atoms in total. The standard InChI is InChI=1S/C77H87N3O15S/c1-3-71(81)88-48-18-7-5-16-46-86-59-35-31-56(32-36-59)74(94-85)55-29-27-54(28-30-55)53-91-95-69-44-43-63(93-75(83)57-33-37-61(38-34-57)92-62-41-39-60(40-42-62)87-47-17-6-8-19-49-89-72(82)4-2)51-58(69)52-78-80(77-79-68-25-13-14-26-70(68)96-77)45-15-20-50-90-76(84)73-66-23-11-9-21-64(66)65-22-10-12-24-67(65)73/h3-4,9-14,21-26,31-32,35-36,39-44,51-52,54-55,57,61,73-74,85H,1-2,5-8,15-20,27-30,33-34,37-38,45-50,53H2/b78-52+. The molecule has 0 amide bonds. The Bertz CT molecular complexity index is 3590. The lowest BCUT2D eigenvalue weighted by Gasteiger charge is -2.32. The topological polar surface area (TPSA) is 209 Å². The van der Waals surface area contributed by atoms with Crippen LogP contribution in [0.5, 0.6) is 28.7 Å². The van der Waals surface area contributed by atoms with E-state index in [2.05, 4.69) is 25.3 Å². The second-order valence-electron chi connectivity index (χ2n) is 24.5. The van der Waals surface area contributed by atoms with Gasteiger partial charge in [-0.1, -0.05) is 97.3 Å². The minimum Gasteiger partial charge on any atom is -0.494 e. The van der Waals surface area contributed by atoms with Gasteiger partial charge < -0.3 is 38.0 Å². The third kappa shape index (κ3) is 20.3. The number of hydrogen-bond donors (Lipinski definition) is 1. The molecule has 3 aliphatic carbocycles. The number of fused-ring (bicyclic) bond motifs is 4. The van der Waals surface area contributed by atoms with Gasteiger partial charge in [-0.05, 0) is 222 Å². The number of unbranched alkanes of at least 4 members (excludes halogenated alkanes) is 7. The predicted molar refractivity (Wildman–Crippen MR) is 369 cm³/mol. The third-order valence-corrected chi connectivity index (χ3v) is 18.8. The number of esters is 4. The zero-order chi connectivity index (χ0) is 66.7. The van der Waals surface area contributed by atoms with E-state index in [1.165, 1.54) is 23.5 Å². The zero-order valence-corrected chi connectivity index (χ0v) is 55.3. The van der Waals surface area contributed by atoms with Crippen molar-refractivity contribution < 1.29 is 72.3 Å². The quantitative estimate of drug-likeness (QED) is 0.00557. The van der Waals surface area contributed by atoms with Gasteiger partial charge in [0.2, 0.25) is 5.13 Å². The van der Waals surface area contributed by atoms with Gasteiger partial charge in [0.1, 0.15) is 35.0 Å². The highest BCUT2D eigenvalue weighted by Gasteiger charge is 2.35. The normalized spacial score (nSPS) is 17.0. The maximum atomic E-state index is 14.0. The van der Waals surface area contributed by atoms with Gasteiger partial charge in [0.05, 0.1) is 68.1 Å². The fourth-order valence-corrected chi connectivity index (χ4v) is 13.5. The molecule has 1 heterocycles. The second-order valence-corrected chi connectivity index (χ2v) is 25.5. The lowest BCUT2D eigenvalue weighted by molar-refractivity contribution is -0.296. The number of ether oxygens (including phenoxy) is 7. The average Bonchev–Trinajstić information content (AvgIpc) is 1.61. The first-order chi connectivity index (χ1) is 47.1. The van der Waals surface area contributed by atoms with Gasteiger partial charge >= 0.3 is 23.9 Å². The number of thiazole rings is 1. The van der Waals surface area contributed by atoms with Crippen LogP contribution in [0.3, 0.4) is 0 Å². The number of carbonyl (C=O) groups is 4. The van der Waals surface area contributed by atoms with Crippen molar-refractivity contribution in [2.24, 2.45) is 22.9 Å². The van der Waals surface area contributed by atoms with Crippen LogP contribution in [0.25, 0.3) is 21.3 Å². The van der Waals surface area contributed by atoms with Gasteiger partial charge in [-0.15, -0.1) is 0 Å². The maximum absolute atomic E-state index is 14.0. The average molecular weight is 1330 g/mol. The SMILES string of the molecule is C=CC(=O)OCCCCCCOc1ccc(OC2CCC(C(=O)Oc3ccc(OOCC4CCC(C(OO)c5ccc(OCCCCCCOC(=O)C=C)cc5)CC4)c(/C=N/N(CCCCOC(=O)C4c5ccccc5-c5ccccc54)c4nc5ccccc5s4)c3)CC2)cc1. The van der Waals surface area contributed by atoms with E-state index in [1.807, 2.05) is 114 Å². The van der Waals surface area contributed by atoms with Crippen molar-refractivity contribution in [3.05, 3.63) is 187 Å². The zero-order valence-electron chi connectivity index (χ0n) is 54.5. The van der Waals surface area contributed by atoms with Gasteiger partial charge in [0.15, 0.2) is 5.75 Å². The molecule has 3 aliphatic rings. The summed E-state index contributed by atoms with van der Waals surface area (Å²) in [7, 11) is 0. The number of hydrazone groups is 1. The Morgan fingerprint density at radius 3 is 1.78 bits per heavy atom. The number of hydrogen-bond acceptors (Lipinski definition) is 19. The molecule has 7 aromatic rings. The summed E-state index contributed by atoms with van der Waals surface area (Å²) in [6.07, 6.45) is 17.7. The molecule has 96 heavy (non-hydrogen) atoms. The van der Waals surface area contributed by atoms with Gasteiger partial charge in [0.25, 0.3) is 0 Å². The van der Waals surface area contributed by atoms with Crippen molar-refractivity contribution in [1.29, 1.82) is 0 Å². The molecule has 506 valence electrons. The Morgan fingerprint density at radius 1 is 0.594 bits per heavy atom. The minimum atomic E-state index is -0.496. The van der Waals surface area contributed by atoms with Gasteiger partial charge in [0, 0.05) is 24.3 Å². The van der Waals surface area contributed by atoms with Crippen molar-refractivity contribution in [2.45, 2.75) is 134 Å². The maximum Gasteiger partial charge on any atom is 0.330 e. The molecule has 1 aromatic heterocycles. The summed E-state index contributed by atoms with van der Waals surface area (Å²) in [4.78, 5) is 72.5. The molecular formula is C77H87N3O15S. The first-order valence-electron chi connectivity index (χ1n) is 33.8. The van der Waals surface area contributed by atoms with Crippen molar-refractivity contribution in [1.82, 2.24) is 4.98 Å². The Balaban J connectivity index is 0.743. The van der Waals surface area contributed by atoms with Crippen LogP contribution in [-0.4, -0.2) is 92.6 Å². The summed E-state index contributed by atoms with van der Waals surface area (Å²) in [6, 6.07) is 44.4. The van der Waals surface area contributed by atoms with E-state index in [0.29, 0.717) is 100 Å². The summed E-state index contributed by atoms with van der Waals surface area (Å²) < 4.78 is 41.5. The van der Waals surface area contributed by atoms with Crippen molar-refractivity contribution >= 4 is 56.8 Å². The van der Waals surface area contributed by atoms with Gasteiger partial charge in [-0.2, -0.15) is 9.99 Å². The summed E-state index contributed by atoms with van der Waals surface area (Å²) >= 11 is 1.52. The van der Waals surface area contributed by atoms with E-state index < -0.39 is 24.0 Å². The summed E-state index contributed by atoms with van der Waals surface area (Å²) in [5, 5.41) is 17.7. The minimum absolute atomic E-state index is 0.0539. The summed E-state index contributed by atoms with van der Waals surface area (Å²) in [5.74, 6) is 1.01. The van der Waals surface area contributed by atoms with Crippen molar-refractivity contribution in [2.75, 3.05) is 51.2 Å². The van der Waals surface area contributed by atoms with Crippen molar-refractivity contribution in [3.8, 4) is 39.9 Å². The van der Waals surface area contributed by atoms with Crippen LogP contribution in [0.1, 0.15) is 150 Å². The van der Waals surface area contributed by atoms with Crippen LogP contribution in [0, 0.1) is 17.8 Å². The van der Waals surface area contributed by atoms with E-state index in [9.17, 15) is 24.4 Å². The number of rotatable bonds is 38. The fraction of sp³-hybridized carbons (Fsp3) is 0.403. The molecule has 6 aromatic carbocycles. The van der Waals surface area contributed by atoms with Crippen LogP contribution < -0.4 is 28.8 Å². The molecule has 0 radical (unpaired) electrons. The Morgan fingerprint density at radius 2 is 1.16 bits per heavy atom. The van der Waals surface area contributed by atoms with E-state index in [4.69, 9.17) is 57.9 Å². The molecule has 0 spiro atoms. The first kappa shape index (κ1) is 69.9. The first-order valence-corrected chi connectivity index (χ1v) is 34.6. The molecule has 1 unspecified atom stereocenters. The number of anilines is 1. The van der Waals surface area contributed by atoms with Crippen molar-refractivity contribution in [3.63, 3.8) is 0 Å². The van der Waals surface area contributed by atoms with Gasteiger partial charge in [-0.3, -0.25) is 14.8 Å². The molecule has 0 aliphatic heterocycles. The van der Waals surface area contributed by atoms with E-state index in [1.54, 1.807) is 24.4 Å². The predicted octanol–water partition coefficient (Wildman–Crippen LogP) is 16.5. The molecule has 0 saturated heterocycles. The largest absolute Gasteiger partial charge is 0.494 e. The summed E-state index contributed by atoms with van der Waals surface area (Å²) in [5.41, 5.74) is 6.24. The monoisotopic (exact) mass is 1330 g/mol. The van der Waals surface area contributed by atoms with Crippen LogP contribution in [0.15, 0.2) is 170 Å². The molecule has 10 rings (SSSR count). The number of carbonyl (C=O) groups excluding carboxylic acids is 4. The van der Waals surface area contributed by atoms with Crippen LogP contribution in [0.2, 0.25) is 0 Å². The third-order valence-electron chi connectivity index (χ3n) is 17.8. The smallest absolute Gasteiger partial charge is 0.330 e. The van der Waals surface area contributed by atoms with Gasteiger partial charge in [-0.25, -0.2) is 24.5 Å². The van der Waals surface area contributed by atoms with E-state index >= 15 is 0 Å². The highest BCUT2D eigenvalue weighted by Crippen LogP contribution is 2.45. The van der Waals surface area contributed by atoms with Crippen LogP contribution in [-0.2, 0) is 43.2 Å². The molecule has 1 atom stereocenters. The van der Waals surface area contributed by atoms with Crippen LogP contribution in [0.4, 0.5) is 5.13 Å². The Hall–Kier alpha value is -8.88. The lowest BCUT2D eigenvalue weighted by Crippen LogP contribution is -2.30. The highest BCUT2D eigenvalue weighted by atomic mass is 32.1. The van der Waals surface area contributed by atoms with E-state index in [-0.39, 0.29) is 42.4 Å². The lowest BCUT2D eigenvalue weighted by atomic mass is 9.78. The number of benzene rings is 6. The Labute approximate surface area is 566 Å². The number of nitrogens with zero attached hydrogens (tertiary/aromatic N) is 3. The van der Waals surface area contributed by atoms with Crippen LogP contribution >= 0.6 is 11.3 Å². The molecule has 2 saturated carbocycles. The molecule has 1 N–H and O–H groups in total. The Kier molecular flexibility index (Phi) is 26.8. The number of para-hydroxylation sites is 1.